The Bertz CT molecular complexity index is 1080. The van der Waals surface area contributed by atoms with Crippen LogP contribution in [0, 0.1) is 10.1 Å². The first-order chi connectivity index (χ1) is 12.5. The van der Waals surface area contributed by atoms with Crippen molar-refractivity contribution in [1.29, 1.82) is 0 Å². The first kappa shape index (κ1) is 17.1. The lowest BCUT2D eigenvalue weighted by Crippen LogP contribution is -2.12. The van der Waals surface area contributed by atoms with Crippen molar-refractivity contribution in [2.24, 2.45) is 0 Å². The lowest BCUT2D eigenvalue weighted by molar-refractivity contribution is -0.384. The second-order valence-electron chi connectivity index (χ2n) is 5.37. The van der Waals surface area contributed by atoms with Gasteiger partial charge in [-0.1, -0.05) is 18.2 Å². The van der Waals surface area contributed by atoms with Gasteiger partial charge in [-0.05, 0) is 35.9 Å². The minimum Gasteiger partial charge on any atom is -0.493 e. The number of methoxy groups -OCH3 is 1. The van der Waals surface area contributed by atoms with Gasteiger partial charge in [0.1, 0.15) is 5.56 Å². The van der Waals surface area contributed by atoms with Crippen molar-refractivity contribution in [1.82, 2.24) is 0 Å². The minimum absolute atomic E-state index is 0.0439. The Balaban J connectivity index is 1.91. The van der Waals surface area contributed by atoms with Crippen LogP contribution in [-0.2, 0) is 0 Å². The molecule has 0 aliphatic rings. The zero-order valence-electron chi connectivity index (χ0n) is 13.7. The number of fused-ring (bicyclic) bond motifs is 1. The number of hydrogen-bond donors (Lipinski definition) is 0. The summed E-state index contributed by atoms with van der Waals surface area (Å²) in [6.45, 7) is 0. The Morgan fingerprint density at radius 3 is 2.58 bits per heavy atom. The summed E-state index contributed by atoms with van der Waals surface area (Å²) < 4.78 is 10.4. The third kappa shape index (κ3) is 3.36. The fraction of sp³-hybridized carbons (Fsp3) is 0.0526. The summed E-state index contributed by atoms with van der Waals surface area (Å²) in [6.07, 6.45) is 2.70. The van der Waals surface area contributed by atoms with Gasteiger partial charge >= 0.3 is 5.63 Å². The Kier molecular flexibility index (Phi) is 4.62. The van der Waals surface area contributed by atoms with E-state index in [9.17, 15) is 19.7 Å². The summed E-state index contributed by atoms with van der Waals surface area (Å²) in [4.78, 5) is 34.6. The molecule has 3 rings (SSSR count). The van der Waals surface area contributed by atoms with Crippen molar-refractivity contribution in [3.8, 4) is 5.75 Å². The lowest BCUT2D eigenvalue weighted by atomic mass is 10.1. The SMILES string of the molecule is COc1cccc2cc(C(=O)C=Cc3ccc([N+](=O)[O-])cc3)c(=O)oc12. The molecule has 1 aromatic heterocycles. The number of carbonyl (C=O) groups is 1. The molecule has 0 unspecified atom stereocenters. The van der Waals surface area contributed by atoms with Crippen LogP contribution in [0.1, 0.15) is 15.9 Å². The Labute approximate surface area is 147 Å². The second kappa shape index (κ2) is 7.02. The molecule has 0 fully saturated rings. The van der Waals surface area contributed by atoms with Crippen LogP contribution in [0.15, 0.2) is 63.8 Å². The second-order valence-corrected chi connectivity index (χ2v) is 5.37. The molecule has 7 heteroatoms. The molecular formula is C19H13NO6. The van der Waals surface area contributed by atoms with Crippen LogP contribution in [0.2, 0.25) is 0 Å². The van der Waals surface area contributed by atoms with Crippen molar-refractivity contribution in [2.75, 3.05) is 7.11 Å². The van der Waals surface area contributed by atoms with E-state index in [4.69, 9.17) is 9.15 Å². The molecule has 0 radical (unpaired) electrons. The number of nitro benzene ring substituents is 1. The van der Waals surface area contributed by atoms with E-state index in [2.05, 4.69) is 0 Å². The summed E-state index contributed by atoms with van der Waals surface area (Å²) in [7, 11) is 1.46. The number of non-ortho nitro benzene ring substituents is 1. The summed E-state index contributed by atoms with van der Waals surface area (Å²) in [6, 6.07) is 12.2. The van der Waals surface area contributed by atoms with Crippen LogP contribution in [0.4, 0.5) is 5.69 Å². The first-order valence-corrected chi connectivity index (χ1v) is 7.57. The third-order valence-corrected chi connectivity index (χ3v) is 3.74. The molecule has 0 spiro atoms. The maximum atomic E-state index is 12.3. The highest BCUT2D eigenvalue weighted by Gasteiger charge is 2.13. The Morgan fingerprint density at radius 1 is 1.19 bits per heavy atom. The highest BCUT2D eigenvalue weighted by molar-refractivity contribution is 6.08. The number of nitro groups is 1. The predicted molar refractivity (Wildman–Crippen MR) is 95.5 cm³/mol. The summed E-state index contributed by atoms with van der Waals surface area (Å²) >= 11 is 0. The van der Waals surface area contributed by atoms with E-state index < -0.39 is 16.3 Å². The molecule has 130 valence electrons. The maximum absolute atomic E-state index is 12.3. The monoisotopic (exact) mass is 351 g/mol. The number of ether oxygens (including phenoxy) is 1. The molecule has 0 N–H and O–H groups in total. The van der Waals surface area contributed by atoms with Crippen LogP contribution in [0.25, 0.3) is 17.0 Å². The highest BCUT2D eigenvalue weighted by Crippen LogP contribution is 2.24. The number of para-hydroxylation sites is 1. The summed E-state index contributed by atoms with van der Waals surface area (Å²) in [5.41, 5.74) is -0.0476. The van der Waals surface area contributed by atoms with Crippen LogP contribution in [0.3, 0.4) is 0 Å². The van der Waals surface area contributed by atoms with Crippen LogP contribution in [-0.4, -0.2) is 17.8 Å². The average Bonchev–Trinajstić information content (AvgIpc) is 2.65. The van der Waals surface area contributed by atoms with Crippen LogP contribution < -0.4 is 10.4 Å². The molecule has 0 bridgehead atoms. The van der Waals surface area contributed by atoms with E-state index >= 15 is 0 Å². The van der Waals surface area contributed by atoms with Gasteiger partial charge in [-0.3, -0.25) is 14.9 Å². The molecule has 3 aromatic rings. The van der Waals surface area contributed by atoms with Gasteiger partial charge in [-0.2, -0.15) is 0 Å². The smallest absolute Gasteiger partial charge is 0.347 e. The van der Waals surface area contributed by atoms with Gasteiger partial charge in [0.05, 0.1) is 12.0 Å². The van der Waals surface area contributed by atoms with E-state index in [1.165, 1.54) is 49.6 Å². The molecule has 26 heavy (non-hydrogen) atoms. The minimum atomic E-state index is -0.764. The molecule has 0 atom stereocenters. The highest BCUT2D eigenvalue weighted by atomic mass is 16.6. The quantitative estimate of drug-likeness (QED) is 0.229. The molecule has 0 aliphatic carbocycles. The van der Waals surface area contributed by atoms with Gasteiger partial charge in [-0.25, -0.2) is 4.79 Å². The predicted octanol–water partition coefficient (Wildman–Crippen LogP) is 3.61. The molecule has 0 saturated heterocycles. The number of carbonyl (C=O) groups excluding carboxylic acids is 1. The molecule has 0 amide bonds. The molecular weight excluding hydrogens is 338 g/mol. The third-order valence-electron chi connectivity index (χ3n) is 3.74. The zero-order valence-corrected chi connectivity index (χ0v) is 13.7. The van der Waals surface area contributed by atoms with E-state index in [-0.39, 0.29) is 16.8 Å². The number of ketones is 1. The van der Waals surface area contributed by atoms with Crippen molar-refractivity contribution >= 4 is 28.5 Å². The Hall–Kier alpha value is -3.74. The number of hydrogen-bond acceptors (Lipinski definition) is 6. The van der Waals surface area contributed by atoms with Crippen LogP contribution in [0.5, 0.6) is 5.75 Å². The van der Waals surface area contributed by atoms with Crippen molar-refractivity contribution in [3.05, 3.63) is 86.3 Å². The largest absolute Gasteiger partial charge is 0.493 e. The van der Waals surface area contributed by atoms with E-state index in [0.717, 1.165) is 0 Å². The fourth-order valence-electron chi connectivity index (χ4n) is 2.42. The number of allylic oxidation sites excluding steroid dienone is 1. The Morgan fingerprint density at radius 2 is 1.92 bits per heavy atom. The van der Waals surface area contributed by atoms with Gasteiger partial charge in [0.15, 0.2) is 17.1 Å². The van der Waals surface area contributed by atoms with Gasteiger partial charge in [0.2, 0.25) is 0 Å². The molecule has 0 saturated carbocycles. The van der Waals surface area contributed by atoms with E-state index in [1.807, 2.05) is 0 Å². The summed E-state index contributed by atoms with van der Waals surface area (Å²) in [5, 5.41) is 11.2. The molecule has 1 heterocycles. The van der Waals surface area contributed by atoms with Gasteiger partial charge in [0, 0.05) is 17.5 Å². The zero-order chi connectivity index (χ0) is 18.7. The molecule has 7 nitrogen and oxygen atoms in total. The number of rotatable bonds is 5. The van der Waals surface area contributed by atoms with Gasteiger partial charge < -0.3 is 9.15 Å². The van der Waals surface area contributed by atoms with Crippen LogP contribution >= 0.6 is 0 Å². The number of benzene rings is 2. The maximum Gasteiger partial charge on any atom is 0.347 e. The first-order valence-electron chi connectivity index (χ1n) is 7.57. The van der Waals surface area contributed by atoms with Crippen molar-refractivity contribution in [2.45, 2.75) is 0 Å². The topological polar surface area (TPSA) is 99.6 Å². The van der Waals surface area contributed by atoms with E-state index in [0.29, 0.717) is 16.7 Å². The van der Waals surface area contributed by atoms with Crippen molar-refractivity contribution in [3.63, 3.8) is 0 Å². The molecule has 2 aromatic carbocycles. The van der Waals surface area contributed by atoms with Gasteiger partial charge in [0.25, 0.3) is 5.69 Å². The van der Waals surface area contributed by atoms with Crippen molar-refractivity contribution < 1.29 is 18.9 Å². The standard InChI is InChI=1S/C19H13NO6/c1-25-17-4-2-3-13-11-15(19(22)26-18(13)17)16(21)10-7-12-5-8-14(9-6-12)20(23)24/h2-11H,1H3. The van der Waals surface area contributed by atoms with E-state index in [1.54, 1.807) is 18.2 Å². The molecule has 0 aliphatic heterocycles. The normalized spacial score (nSPS) is 11.0. The van der Waals surface area contributed by atoms with Gasteiger partial charge in [-0.15, -0.1) is 0 Å². The number of nitrogens with zero attached hydrogens (tertiary/aromatic N) is 1. The fourth-order valence-corrected chi connectivity index (χ4v) is 2.42. The average molecular weight is 351 g/mol. The summed E-state index contributed by atoms with van der Waals surface area (Å²) in [5.74, 6) is -0.123. The lowest BCUT2D eigenvalue weighted by Gasteiger charge is -2.04.